The topological polar surface area (TPSA) is 44.9 Å². The van der Waals surface area contributed by atoms with Gasteiger partial charge >= 0.3 is 0 Å². The lowest BCUT2D eigenvalue weighted by Crippen LogP contribution is -2.02. The van der Waals surface area contributed by atoms with Gasteiger partial charge in [0.15, 0.2) is 0 Å². The molecule has 52 heavy (non-hydrogen) atoms. The fourth-order valence-electron chi connectivity index (χ4n) is 7.64. The number of benzene rings is 4. The van der Waals surface area contributed by atoms with Crippen molar-refractivity contribution in [1.29, 1.82) is 0 Å². The van der Waals surface area contributed by atoms with Crippen molar-refractivity contribution in [2.75, 3.05) is 0 Å². The lowest BCUT2D eigenvalue weighted by Gasteiger charge is -2.13. The van der Waals surface area contributed by atoms with E-state index >= 15 is 0 Å². The third-order valence-electron chi connectivity index (χ3n) is 10.3. The van der Waals surface area contributed by atoms with Gasteiger partial charge in [-0.05, 0) is 123 Å². The molecule has 7 aromatic rings. The number of unbranched alkanes of at least 4 members (excludes halogenated alkanes) is 3. The molecule has 0 bridgehead atoms. The average Bonchev–Trinajstić information content (AvgIpc) is 3.62. The number of hydrogen-bond acceptors (Lipinski definition) is 3. The number of rotatable bonds is 14. The summed E-state index contributed by atoms with van der Waals surface area (Å²) in [5.41, 5.74) is 11.6. The molecule has 0 saturated carbocycles. The van der Waals surface area contributed by atoms with E-state index in [2.05, 4.69) is 148 Å². The van der Waals surface area contributed by atoms with E-state index in [-0.39, 0.29) is 0 Å². The molecule has 4 aromatic carbocycles. The summed E-state index contributed by atoms with van der Waals surface area (Å²) in [6.07, 6.45) is 11.3. The summed E-state index contributed by atoms with van der Waals surface area (Å²) in [6, 6.07) is 34.9. The number of pyridine rings is 1. The first-order chi connectivity index (χ1) is 25.3. The van der Waals surface area contributed by atoms with E-state index < -0.39 is 0 Å². The maximum absolute atomic E-state index is 6.80. The van der Waals surface area contributed by atoms with Crippen LogP contribution in [0.15, 0.2) is 103 Å². The Hall–Kier alpha value is -5.16. The normalized spacial score (nSPS) is 11.7. The van der Waals surface area contributed by atoms with Crippen LogP contribution in [0, 0.1) is 26.7 Å². The maximum Gasteiger partial charge on any atom is 0.137 e. The summed E-state index contributed by atoms with van der Waals surface area (Å²) < 4.78 is 11.2. The Morgan fingerprint density at radius 1 is 0.692 bits per heavy atom. The third-order valence-corrected chi connectivity index (χ3v) is 10.3. The van der Waals surface area contributed by atoms with Crippen molar-refractivity contribution in [3.05, 3.63) is 131 Å². The molecule has 0 aliphatic rings. The molecule has 7 rings (SSSR count). The molecule has 0 N–H and O–H groups in total. The highest BCUT2D eigenvalue weighted by Gasteiger charge is 2.18. The minimum absolute atomic E-state index is 0.750. The van der Waals surface area contributed by atoms with Crippen molar-refractivity contribution < 1.29 is 4.74 Å². The van der Waals surface area contributed by atoms with Crippen molar-refractivity contribution in [1.82, 2.24) is 19.3 Å². The first-order valence-electron chi connectivity index (χ1n) is 19.2. The fraction of sp³-hybridized carbons (Fsp3) is 0.319. The summed E-state index contributed by atoms with van der Waals surface area (Å²) in [5.74, 6) is 3.28. The summed E-state index contributed by atoms with van der Waals surface area (Å²) in [4.78, 5) is 4.84. The predicted octanol–water partition coefficient (Wildman–Crippen LogP) is 12.9. The summed E-state index contributed by atoms with van der Waals surface area (Å²) in [7, 11) is 0. The van der Waals surface area contributed by atoms with Gasteiger partial charge in [0.1, 0.15) is 17.3 Å². The molecule has 0 saturated heterocycles. The molecule has 3 heterocycles. The van der Waals surface area contributed by atoms with Gasteiger partial charge in [0.05, 0.1) is 22.4 Å². The number of aryl methyl sites for hydroxylation is 4. The lowest BCUT2D eigenvalue weighted by atomic mass is 10.0. The van der Waals surface area contributed by atoms with Gasteiger partial charge in [0.25, 0.3) is 0 Å². The van der Waals surface area contributed by atoms with Gasteiger partial charge in [-0.15, -0.1) is 0 Å². The Balaban J connectivity index is 1.29. The molecule has 3 aromatic heterocycles. The SMILES string of the molecule is CCCCCc1cc(Oc2ccc3c4cc(CCCCC(C)C)ccc4n(-c4cc(C)ccn4)c3c2)cc(-n2nc(C)c(-c3ccccc3)c2C)c1. The number of fused-ring (bicyclic) bond motifs is 3. The van der Waals surface area contributed by atoms with E-state index in [1.165, 1.54) is 70.7 Å². The van der Waals surface area contributed by atoms with Crippen LogP contribution in [0.5, 0.6) is 11.5 Å². The molecular weight excluding hydrogens is 637 g/mol. The Labute approximate surface area is 309 Å². The largest absolute Gasteiger partial charge is 0.457 e. The van der Waals surface area contributed by atoms with Crippen LogP contribution in [0.3, 0.4) is 0 Å². The average molecular weight is 689 g/mol. The van der Waals surface area contributed by atoms with Gasteiger partial charge < -0.3 is 4.74 Å². The highest BCUT2D eigenvalue weighted by Crippen LogP contribution is 2.37. The van der Waals surface area contributed by atoms with Gasteiger partial charge in [0.2, 0.25) is 0 Å². The summed E-state index contributed by atoms with van der Waals surface area (Å²) >= 11 is 0. The molecule has 5 nitrogen and oxygen atoms in total. The zero-order chi connectivity index (χ0) is 36.2. The number of aromatic nitrogens is 4. The van der Waals surface area contributed by atoms with E-state index in [1.807, 2.05) is 6.20 Å². The van der Waals surface area contributed by atoms with Crippen LogP contribution in [0.2, 0.25) is 0 Å². The van der Waals surface area contributed by atoms with Crippen LogP contribution >= 0.6 is 0 Å². The Kier molecular flexibility index (Phi) is 10.6. The van der Waals surface area contributed by atoms with Crippen LogP contribution in [-0.4, -0.2) is 19.3 Å². The number of hydrogen-bond donors (Lipinski definition) is 0. The molecule has 0 aliphatic heterocycles. The van der Waals surface area contributed by atoms with E-state index in [0.717, 1.165) is 70.6 Å². The zero-order valence-corrected chi connectivity index (χ0v) is 31.7. The van der Waals surface area contributed by atoms with E-state index in [4.69, 9.17) is 14.8 Å². The number of ether oxygens (including phenoxy) is 1. The highest BCUT2D eigenvalue weighted by molar-refractivity contribution is 6.09. The van der Waals surface area contributed by atoms with Crippen LogP contribution in [0.4, 0.5) is 0 Å². The van der Waals surface area contributed by atoms with Crippen LogP contribution in [-0.2, 0) is 12.8 Å². The first kappa shape index (κ1) is 35.3. The molecule has 0 fully saturated rings. The van der Waals surface area contributed by atoms with Gasteiger partial charge in [-0.3, -0.25) is 4.57 Å². The van der Waals surface area contributed by atoms with E-state index in [1.54, 1.807) is 0 Å². The minimum Gasteiger partial charge on any atom is -0.457 e. The summed E-state index contributed by atoms with van der Waals surface area (Å²) in [6.45, 7) is 13.3. The van der Waals surface area contributed by atoms with Crippen molar-refractivity contribution >= 4 is 21.8 Å². The lowest BCUT2D eigenvalue weighted by molar-refractivity contribution is 0.482. The minimum atomic E-state index is 0.750. The van der Waals surface area contributed by atoms with Crippen molar-refractivity contribution in [2.24, 2.45) is 5.92 Å². The smallest absolute Gasteiger partial charge is 0.137 e. The summed E-state index contributed by atoms with van der Waals surface area (Å²) in [5, 5.41) is 7.51. The van der Waals surface area contributed by atoms with Crippen molar-refractivity contribution in [2.45, 2.75) is 92.9 Å². The third kappa shape index (κ3) is 7.55. The standard InChI is InChI=1S/C47H52N4O/c1-7-8-10-17-37-27-39(51-35(6)47(34(5)49-51)38-18-11-9-12-19-38)30-41(28-37)52-40-21-22-42-43-29-36(16-14-13-15-32(2)3)20-23-44(43)50(45(42)31-40)46-26-33(4)24-25-48-46/h9,11-12,18-32H,7-8,10,13-17H2,1-6H3. The molecule has 0 amide bonds. The van der Waals surface area contributed by atoms with Gasteiger partial charge in [0, 0.05) is 40.4 Å². The highest BCUT2D eigenvalue weighted by atomic mass is 16.5. The fourth-order valence-corrected chi connectivity index (χ4v) is 7.64. The second-order valence-electron chi connectivity index (χ2n) is 14.9. The molecule has 266 valence electrons. The second kappa shape index (κ2) is 15.6. The van der Waals surface area contributed by atoms with Crippen molar-refractivity contribution in [3.63, 3.8) is 0 Å². The Morgan fingerprint density at radius 2 is 1.50 bits per heavy atom. The Morgan fingerprint density at radius 3 is 2.29 bits per heavy atom. The quantitative estimate of drug-likeness (QED) is 0.107. The first-order valence-corrected chi connectivity index (χ1v) is 19.2. The second-order valence-corrected chi connectivity index (χ2v) is 14.9. The molecule has 0 atom stereocenters. The van der Waals surface area contributed by atoms with Gasteiger partial charge in [-0.1, -0.05) is 82.9 Å². The predicted molar refractivity (Wildman–Crippen MR) is 217 cm³/mol. The number of nitrogens with zero attached hydrogens (tertiary/aromatic N) is 4. The molecule has 0 spiro atoms. The van der Waals surface area contributed by atoms with Crippen molar-refractivity contribution in [3.8, 4) is 34.1 Å². The monoisotopic (exact) mass is 688 g/mol. The zero-order valence-electron chi connectivity index (χ0n) is 31.7. The molecule has 0 aliphatic carbocycles. The van der Waals surface area contributed by atoms with Crippen LogP contribution in [0.25, 0.3) is 44.4 Å². The van der Waals surface area contributed by atoms with E-state index in [0.29, 0.717) is 0 Å². The van der Waals surface area contributed by atoms with E-state index in [9.17, 15) is 0 Å². The molecule has 0 radical (unpaired) electrons. The molecule has 0 unspecified atom stereocenters. The van der Waals surface area contributed by atoms with Gasteiger partial charge in [-0.2, -0.15) is 5.10 Å². The van der Waals surface area contributed by atoms with Gasteiger partial charge in [-0.25, -0.2) is 9.67 Å². The van der Waals surface area contributed by atoms with Crippen LogP contribution < -0.4 is 4.74 Å². The Bertz CT molecular complexity index is 2310. The molecule has 5 heteroatoms. The maximum atomic E-state index is 6.80. The molecular formula is C47H52N4O. The van der Waals surface area contributed by atoms with Crippen LogP contribution in [0.1, 0.15) is 87.4 Å².